The van der Waals surface area contributed by atoms with E-state index in [1.54, 1.807) is 7.11 Å². The molecule has 0 spiro atoms. The van der Waals surface area contributed by atoms with Crippen molar-refractivity contribution >= 4 is 0 Å². The third-order valence-electron chi connectivity index (χ3n) is 2.16. The van der Waals surface area contributed by atoms with E-state index in [0.29, 0.717) is 13.2 Å². The standard InChI is InChI=1S/C13H19NO2/c1-10(2)9-16-13-5-4-12(15-3)8-11(13)6-7-14/h4-5,8H,1,6-7,9,14H2,2-3H3. The molecule has 88 valence electrons. The van der Waals surface area contributed by atoms with Gasteiger partial charge in [-0.15, -0.1) is 0 Å². The quantitative estimate of drug-likeness (QED) is 0.749. The van der Waals surface area contributed by atoms with Gasteiger partial charge in [-0.3, -0.25) is 0 Å². The molecular weight excluding hydrogens is 202 g/mol. The lowest BCUT2D eigenvalue weighted by Gasteiger charge is -2.12. The molecule has 0 radical (unpaired) electrons. The first-order valence-electron chi connectivity index (χ1n) is 5.31. The summed E-state index contributed by atoms with van der Waals surface area (Å²) in [4.78, 5) is 0. The molecule has 0 saturated carbocycles. The first kappa shape index (κ1) is 12.6. The zero-order valence-corrected chi connectivity index (χ0v) is 9.95. The molecule has 0 heterocycles. The van der Waals surface area contributed by atoms with Crippen LogP contribution in [0.4, 0.5) is 0 Å². The smallest absolute Gasteiger partial charge is 0.123 e. The highest BCUT2D eigenvalue weighted by atomic mass is 16.5. The zero-order valence-electron chi connectivity index (χ0n) is 9.95. The molecule has 0 aliphatic heterocycles. The molecule has 0 aliphatic rings. The van der Waals surface area contributed by atoms with Crippen molar-refractivity contribution in [2.75, 3.05) is 20.3 Å². The monoisotopic (exact) mass is 221 g/mol. The van der Waals surface area contributed by atoms with E-state index in [1.165, 1.54) is 0 Å². The van der Waals surface area contributed by atoms with Crippen molar-refractivity contribution in [2.45, 2.75) is 13.3 Å². The molecule has 1 aromatic rings. The fourth-order valence-corrected chi connectivity index (χ4v) is 1.38. The first-order valence-corrected chi connectivity index (χ1v) is 5.31. The number of benzene rings is 1. The van der Waals surface area contributed by atoms with Gasteiger partial charge in [-0.25, -0.2) is 0 Å². The lowest BCUT2D eigenvalue weighted by atomic mass is 10.1. The van der Waals surface area contributed by atoms with Crippen LogP contribution in [0.15, 0.2) is 30.4 Å². The number of hydrogen-bond acceptors (Lipinski definition) is 3. The molecule has 1 aromatic carbocycles. The summed E-state index contributed by atoms with van der Waals surface area (Å²) >= 11 is 0. The van der Waals surface area contributed by atoms with Crippen LogP contribution in [-0.4, -0.2) is 20.3 Å². The molecule has 0 fully saturated rings. The summed E-state index contributed by atoms with van der Waals surface area (Å²) < 4.78 is 10.8. The number of methoxy groups -OCH3 is 1. The summed E-state index contributed by atoms with van der Waals surface area (Å²) in [6.45, 7) is 6.87. The summed E-state index contributed by atoms with van der Waals surface area (Å²) in [7, 11) is 1.65. The van der Waals surface area contributed by atoms with Crippen LogP contribution in [0.1, 0.15) is 12.5 Å². The minimum Gasteiger partial charge on any atom is -0.497 e. The lowest BCUT2D eigenvalue weighted by Crippen LogP contribution is -2.06. The molecule has 0 bridgehead atoms. The zero-order chi connectivity index (χ0) is 12.0. The van der Waals surface area contributed by atoms with Crippen molar-refractivity contribution in [1.29, 1.82) is 0 Å². The second-order valence-electron chi connectivity index (χ2n) is 3.76. The van der Waals surface area contributed by atoms with Crippen LogP contribution in [0.2, 0.25) is 0 Å². The number of ether oxygens (including phenoxy) is 2. The average Bonchev–Trinajstić information content (AvgIpc) is 2.27. The second kappa shape index (κ2) is 6.18. The van der Waals surface area contributed by atoms with E-state index in [4.69, 9.17) is 15.2 Å². The summed E-state index contributed by atoms with van der Waals surface area (Å²) in [6, 6.07) is 5.75. The maximum atomic E-state index is 5.64. The Bertz CT molecular complexity index is 361. The average molecular weight is 221 g/mol. The fourth-order valence-electron chi connectivity index (χ4n) is 1.38. The second-order valence-corrected chi connectivity index (χ2v) is 3.76. The van der Waals surface area contributed by atoms with Gasteiger partial charge in [0, 0.05) is 0 Å². The van der Waals surface area contributed by atoms with Crippen LogP contribution in [0, 0.1) is 0 Å². The van der Waals surface area contributed by atoms with Crippen LogP contribution in [0.25, 0.3) is 0 Å². The maximum absolute atomic E-state index is 5.64. The molecule has 0 unspecified atom stereocenters. The first-order chi connectivity index (χ1) is 7.67. The van der Waals surface area contributed by atoms with Crippen molar-refractivity contribution in [3.05, 3.63) is 35.9 Å². The molecule has 3 nitrogen and oxygen atoms in total. The Morgan fingerprint density at radius 2 is 2.19 bits per heavy atom. The van der Waals surface area contributed by atoms with Crippen molar-refractivity contribution in [2.24, 2.45) is 5.73 Å². The summed E-state index contributed by atoms with van der Waals surface area (Å²) in [5, 5.41) is 0. The van der Waals surface area contributed by atoms with Gasteiger partial charge in [-0.1, -0.05) is 6.58 Å². The highest BCUT2D eigenvalue weighted by Gasteiger charge is 2.05. The Balaban J connectivity index is 2.84. The lowest BCUT2D eigenvalue weighted by molar-refractivity contribution is 0.347. The molecule has 0 saturated heterocycles. The largest absolute Gasteiger partial charge is 0.497 e. The van der Waals surface area contributed by atoms with E-state index in [0.717, 1.165) is 29.1 Å². The fraction of sp³-hybridized carbons (Fsp3) is 0.385. The van der Waals surface area contributed by atoms with Crippen molar-refractivity contribution in [3.8, 4) is 11.5 Å². The van der Waals surface area contributed by atoms with Gasteiger partial charge >= 0.3 is 0 Å². The molecule has 2 N–H and O–H groups in total. The van der Waals surface area contributed by atoms with Gasteiger partial charge in [0.05, 0.1) is 7.11 Å². The van der Waals surface area contributed by atoms with Gasteiger partial charge in [-0.2, -0.15) is 0 Å². The van der Waals surface area contributed by atoms with Crippen molar-refractivity contribution < 1.29 is 9.47 Å². The Morgan fingerprint density at radius 3 is 2.75 bits per heavy atom. The molecule has 3 heteroatoms. The van der Waals surface area contributed by atoms with E-state index in [1.807, 2.05) is 25.1 Å². The molecule has 0 amide bonds. The van der Waals surface area contributed by atoms with E-state index >= 15 is 0 Å². The van der Waals surface area contributed by atoms with Crippen LogP contribution in [-0.2, 0) is 6.42 Å². The Kier molecular flexibility index (Phi) is 4.86. The summed E-state index contributed by atoms with van der Waals surface area (Å²) in [5.41, 5.74) is 7.63. The van der Waals surface area contributed by atoms with E-state index in [2.05, 4.69) is 6.58 Å². The van der Waals surface area contributed by atoms with Crippen LogP contribution < -0.4 is 15.2 Å². The highest BCUT2D eigenvalue weighted by Crippen LogP contribution is 2.24. The van der Waals surface area contributed by atoms with Crippen molar-refractivity contribution in [3.63, 3.8) is 0 Å². The number of rotatable bonds is 6. The summed E-state index contributed by atoms with van der Waals surface area (Å²) in [5.74, 6) is 1.68. The molecule has 1 rings (SSSR count). The van der Waals surface area contributed by atoms with Crippen LogP contribution >= 0.6 is 0 Å². The number of hydrogen-bond donors (Lipinski definition) is 1. The normalized spacial score (nSPS) is 9.94. The Morgan fingerprint density at radius 1 is 1.44 bits per heavy atom. The van der Waals surface area contributed by atoms with Gasteiger partial charge < -0.3 is 15.2 Å². The van der Waals surface area contributed by atoms with E-state index in [9.17, 15) is 0 Å². The van der Waals surface area contributed by atoms with Gasteiger partial charge in [0.1, 0.15) is 18.1 Å². The minimum absolute atomic E-state index is 0.532. The third kappa shape index (κ3) is 3.59. The molecule has 0 aliphatic carbocycles. The summed E-state index contributed by atoms with van der Waals surface area (Å²) in [6.07, 6.45) is 0.780. The Hall–Kier alpha value is -1.48. The topological polar surface area (TPSA) is 44.5 Å². The number of nitrogens with two attached hydrogens (primary N) is 1. The predicted octanol–water partition coefficient (Wildman–Crippen LogP) is 2.15. The highest BCUT2D eigenvalue weighted by molar-refractivity contribution is 5.40. The third-order valence-corrected chi connectivity index (χ3v) is 2.16. The predicted molar refractivity (Wildman–Crippen MR) is 66.1 cm³/mol. The van der Waals surface area contributed by atoms with Gasteiger partial charge in [0.15, 0.2) is 0 Å². The van der Waals surface area contributed by atoms with Gasteiger partial charge in [0.2, 0.25) is 0 Å². The maximum Gasteiger partial charge on any atom is 0.123 e. The molecule has 0 atom stereocenters. The van der Waals surface area contributed by atoms with E-state index < -0.39 is 0 Å². The minimum atomic E-state index is 0.532. The molecule has 0 aromatic heterocycles. The Labute approximate surface area is 96.9 Å². The molecular formula is C13H19NO2. The van der Waals surface area contributed by atoms with Gasteiger partial charge in [-0.05, 0) is 49.2 Å². The SMILES string of the molecule is C=C(C)COc1ccc(OC)cc1CCN. The van der Waals surface area contributed by atoms with Crippen LogP contribution in [0.3, 0.4) is 0 Å². The van der Waals surface area contributed by atoms with Gasteiger partial charge in [0.25, 0.3) is 0 Å². The van der Waals surface area contributed by atoms with Crippen molar-refractivity contribution in [1.82, 2.24) is 0 Å². The van der Waals surface area contributed by atoms with E-state index in [-0.39, 0.29) is 0 Å². The molecule has 16 heavy (non-hydrogen) atoms. The van der Waals surface area contributed by atoms with Crippen LogP contribution in [0.5, 0.6) is 11.5 Å².